The third kappa shape index (κ3) is 2.19. The molecular formula is C12H22N2O. The lowest BCUT2D eigenvalue weighted by molar-refractivity contribution is 0.0967. The number of piperidine rings is 1. The van der Waals surface area contributed by atoms with Crippen LogP contribution in [0.4, 0.5) is 0 Å². The summed E-state index contributed by atoms with van der Waals surface area (Å²) in [6.45, 7) is 3.62. The summed E-state index contributed by atoms with van der Waals surface area (Å²) >= 11 is 0. The molecule has 86 valence electrons. The van der Waals surface area contributed by atoms with Crippen molar-refractivity contribution in [2.24, 2.45) is 5.92 Å². The molecule has 0 aromatic rings. The van der Waals surface area contributed by atoms with Gasteiger partial charge in [-0.05, 0) is 57.7 Å². The molecule has 0 saturated carbocycles. The average Bonchev–Trinajstić information content (AvgIpc) is 2.89. The Balaban J connectivity index is 1.42. The van der Waals surface area contributed by atoms with E-state index in [-0.39, 0.29) is 0 Å². The van der Waals surface area contributed by atoms with Crippen LogP contribution in [0.5, 0.6) is 0 Å². The van der Waals surface area contributed by atoms with Gasteiger partial charge >= 0.3 is 0 Å². The predicted molar refractivity (Wildman–Crippen MR) is 59.9 cm³/mol. The average molecular weight is 210 g/mol. The van der Waals surface area contributed by atoms with Crippen LogP contribution < -0.4 is 10.6 Å². The number of ether oxygens (including phenoxy) is 1. The Kier molecular flexibility index (Phi) is 2.95. The molecular weight excluding hydrogens is 188 g/mol. The van der Waals surface area contributed by atoms with Crippen LogP contribution in [0.3, 0.4) is 0 Å². The van der Waals surface area contributed by atoms with Crippen molar-refractivity contribution < 1.29 is 4.74 Å². The van der Waals surface area contributed by atoms with Gasteiger partial charge in [-0.25, -0.2) is 0 Å². The summed E-state index contributed by atoms with van der Waals surface area (Å²) in [6, 6.07) is 0.665. The SMILES string of the molecule is C1CC(CNC2CC3CCC2O3)CCN1. The van der Waals surface area contributed by atoms with Crippen molar-refractivity contribution in [2.75, 3.05) is 19.6 Å². The molecule has 0 spiro atoms. The van der Waals surface area contributed by atoms with Gasteiger partial charge in [-0.3, -0.25) is 0 Å². The largest absolute Gasteiger partial charge is 0.373 e. The molecule has 3 heterocycles. The minimum absolute atomic E-state index is 0.539. The molecule has 3 fully saturated rings. The van der Waals surface area contributed by atoms with Crippen molar-refractivity contribution in [2.45, 2.75) is 50.4 Å². The molecule has 2 N–H and O–H groups in total. The highest BCUT2D eigenvalue weighted by molar-refractivity contribution is 4.94. The minimum atomic E-state index is 0.539. The zero-order valence-corrected chi connectivity index (χ0v) is 9.37. The fraction of sp³-hybridized carbons (Fsp3) is 1.00. The van der Waals surface area contributed by atoms with E-state index in [0.717, 1.165) is 5.92 Å². The lowest BCUT2D eigenvalue weighted by Gasteiger charge is -2.26. The molecule has 0 radical (unpaired) electrons. The summed E-state index contributed by atoms with van der Waals surface area (Å²) in [6.07, 6.45) is 7.65. The van der Waals surface area contributed by atoms with E-state index in [1.54, 1.807) is 0 Å². The quantitative estimate of drug-likeness (QED) is 0.726. The van der Waals surface area contributed by atoms with E-state index in [9.17, 15) is 0 Å². The van der Waals surface area contributed by atoms with Crippen LogP contribution in [0.15, 0.2) is 0 Å². The Morgan fingerprint density at radius 3 is 2.67 bits per heavy atom. The number of fused-ring (bicyclic) bond motifs is 2. The Labute approximate surface area is 91.9 Å². The molecule has 3 saturated heterocycles. The van der Waals surface area contributed by atoms with Gasteiger partial charge < -0.3 is 15.4 Å². The summed E-state index contributed by atoms with van der Waals surface area (Å²) in [4.78, 5) is 0. The number of nitrogens with one attached hydrogen (secondary N) is 2. The minimum Gasteiger partial charge on any atom is -0.373 e. The molecule has 0 aliphatic carbocycles. The van der Waals surface area contributed by atoms with E-state index in [4.69, 9.17) is 4.74 Å². The molecule has 0 amide bonds. The van der Waals surface area contributed by atoms with Crippen molar-refractivity contribution in [1.82, 2.24) is 10.6 Å². The zero-order chi connectivity index (χ0) is 10.1. The van der Waals surface area contributed by atoms with Gasteiger partial charge in [-0.2, -0.15) is 0 Å². The fourth-order valence-corrected chi connectivity index (χ4v) is 3.26. The van der Waals surface area contributed by atoms with Crippen LogP contribution in [0.25, 0.3) is 0 Å². The Hall–Kier alpha value is -0.120. The number of hydrogen-bond acceptors (Lipinski definition) is 3. The van der Waals surface area contributed by atoms with Gasteiger partial charge in [0, 0.05) is 6.04 Å². The maximum absolute atomic E-state index is 5.85. The second-order valence-corrected chi connectivity index (χ2v) is 5.32. The molecule has 2 bridgehead atoms. The molecule has 3 unspecified atom stereocenters. The van der Waals surface area contributed by atoms with Crippen molar-refractivity contribution in [1.29, 1.82) is 0 Å². The normalized spacial score (nSPS) is 41.2. The van der Waals surface area contributed by atoms with E-state index in [0.29, 0.717) is 18.2 Å². The van der Waals surface area contributed by atoms with E-state index in [1.165, 1.54) is 51.7 Å². The maximum Gasteiger partial charge on any atom is 0.0733 e. The molecule has 3 heteroatoms. The van der Waals surface area contributed by atoms with Crippen molar-refractivity contribution in [3.05, 3.63) is 0 Å². The van der Waals surface area contributed by atoms with Gasteiger partial charge in [-0.15, -0.1) is 0 Å². The smallest absolute Gasteiger partial charge is 0.0733 e. The van der Waals surface area contributed by atoms with Crippen LogP contribution in [0.2, 0.25) is 0 Å². The summed E-state index contributed by atoms with van der Waals surface area (Å²) in [5.41, 5.74) is 0. The first kappa shape index (κ1) is 10.1. The monoisotopic (exact) mass is 210 g/mol. The lowest BCUT2D eigenvalue weighted by Crippen LogP contribution is -2.42. The Morgan fingerprint density at radius 2 is 2.00 bits per heavy atom. The second-order valence-electron chi connectivity index (χ2n) is 5.32. The van der Waals surface area contributed by atoms with Crippen LogP contribution in [0.1, 0.15) is 32.1 Å². The van der Waals surface area contributed by atoms with E-state index in [1.807, 2.05) is 0 Å². The third-order valence-electron chi connectivity index (χ3n) is 4.23. The Bertz CT molecular complexity index is 216. The standard InChI is InChI=1S/C12H22N2O/c1-2-12-11(7-10(1)15-12)14-8-9-3-5-13-6-4-9/h9-14H,1-8H2. The van der Waals surface area contributed by atoms with Gasteiger partial charge in [0.05, 0.1) is 12.2 Å². The van der Waals surface area contributed by atoms with Gasteiger partial charge in [0.15, 0.2) is 0 Å². The summed E-state index contributed by atoms with van der Waals surface area (Å²) in [7, 11) is 0. The van der Waals surface area contributed by atoms with Crippen LogP contribution in [-0.2, 0) is 4.74 Å². The maximum atomic E-state index is 5.85. The van der Waals surface area contributed by atoms with Crippen LogP contribution in [-0.4, -0.2) is 37.9 Å². The summed E-state index contributed by atoms with van der Waals surface area (Å²) in [5.74, 6) is 0.894. The van der Waals surface area contributed by atoms with Gasteiger partial charge in [0.25, 0.3) is 0 Å². The first-order valence-corrected chi connectivity index (χ1v) is 6.51. The molecule has 3 aliphatic rings. The molecule has 3 nitrogen and oxygen atoms in total. The van der Waals surface area contributed by atoms with Crippen molar-refractivity contribution in [3.63, 3.8) is 0 Å². The van der Waals surface area contributed by atoms with E-state index < -0.39 is 0 Å². The number of hydrogen-bond donors (Lipinski definition) is 2. The fourth-order valence-electron chi connectivity index (χ4n) is 3.26. The van der Waals surface area contributed by atoms with E-state index >= 15 is 0 Å². The first-order valence-electron chi connectivity index (χ1n) is 6.51. The zero-order valence-electron chi connectivity index (χ0n) is 9.37. The molecule has 15 heavy (non-hydrogen) atoms. The summed E-state index contributed by atoms with van der Waals surface area (Å²) < 4.78 is 5.85. The highest BCUT2D eigenvalue weighted by Crippen LogP contribution is 2.34. The molecule has 3 atom stereocenters. The first-order chi connectivity index (χ1) is 7.42. The molecule has 3 aliphatic heterocycles. The van der Waals surface area contributed by atoms with Crippen molar-refractivity contribution >= 4 is 0 Å². The van der Waals surface area contributed by atoms with Gasteiger partial charge in [0.2, 0.25) is 0 Å². The highest BCUT2D eigenvalue weighted by atomic mass is 16.5. The van der Waals surface area contributed by atoms with Crippen LogP contribution in [0, 0.1) is 5.92 Å². The number of rotatable bonds is 3. The van der Waals surface area contributed by atoms with Crippen LogP contribution >= 0.6 is 0 Å². The third-order valence-corrected chi connectivity index (χ3v) is 4.23. The van der Waals surface area contributed by atoms with Crippen molar-refractivity contribution in [3.8, 4) is 0 Å². The predicted octanol–water partition coefficient (Wildman–Crippen LogP) is 0.895. The Morgan fingerprint density at radius 1 is 1.13 bits per heavy atom. The van der Waals surface area contributed by atoms with E-state index in [2.05, 4.69) is 10.6 Å². The molecule has 3 rings (SSSR count). The topological polar surface area (TPSA) is 33.3 Å². The van der Waals surface area contributed by atoms with Gasteiger partial charge in [0.1, 0.15) is 0 Å². The van der Waals surface area contributed by atoms with Gasteiger partial charge in [-0.1, -0.05) is 0 Å². The lowest BCUT2D eigenvalue weighted by atomic mass is 9.93. The highest BCUT2D eigenvalue weighted by Gasteiger charge is 2.40. The molecule has 0 aromatic heterocycles. The summed E-state index contributed by atoms with van der Waals surface area (Å²) in [5, 5.41) is 7.15. The second kappa shape index (κ2) is 4.40. The molecule has 0 aromatic carbocycles.